The van der Waals surface area contributed by atoms with Crippen LogP contribution in [-0.4, -0.2) is 22.7 Å². The van der Waals surface area contributed by atoms with Gasteiger partial charge in [0.2, 0.25) is 5.88 Å². The zero-order valence-electron chi connectivity index (χ0n) is 8.73. The molecular formula is C11H12N2O2. The van der Waals surface area contributed by atoms with E-state index in [9.17, 15) is 4.79 Å². The van der Waals surface area contributed by atoms with Crippen LogP contribution < -0.4 is 4.74 Å². The van der Waals surface area contributed by atoms with Crippen LogP contribution in [0.3, 0.4) is 0 Å². The maximum atomic E-state index is 11.0. The Balaban J connectivity index is 2.58. The van der Waals surface area contributed by atoms with Crippen molar-refractivity contribution < 1.29 is 9.53 Å². The van der Waals surface area contributed by atoms with E-state index >= 15 is 0 Å². The molecule has 1 aromatic heterocycles. The Morgan fingerprint density at radius 1 is 1.47 bits per heavy atom. The molecule has 0 aliphatic heterocycles. The fraction of sp³-hybridized carbons (Fsp3) is 0.273. The number of hydrogen-bond acceptors (Lipinski definition) is 3. The van der Waals surface area contributed by atoms with Gasteiger partial charge in [0.25, 0.3) is 0 Å². The van der Waals surface area contributed by atoms with Crippen LogP contribution >= 0.6 is 0 Å². The quantitative estimate of drug-likeness (QED) is 0.763. The third-order valence-electron chi connectivity index (χ3n) is 2.16. The number of Topliss-reactive ketones (excluding diaryl/α,β-unsaturated/α-hetero) is 1. The molecule has 0 radical (unpaired) electrons. The number of carbonyl (C=O) groups is 1. The van der Waals surface area contributed by atoms with E-state index in [0.717, 1.165) is 10.9 Å². The van der Waals surface area contributed by atoms with Crippen molar-refractivity contribution in [2.75, 3.05) is 7.11 Å². The molecule has 0 bridgehead atoms. The average Bonchev–Trinajstić information content (AvgIpc) is 2.53. The van der Waals surface area contributed by atoms with E-state index in [-0.39, 0.29) is 12.3 Å². The minimum Gasteiger partial charge on any atom is -0.481 e. The summed E-state index contributed by atoms with van der Waals surface area (Å²) in [5.41, 5.74) is 0.843. The number of fused-ring (bicyclic) bond motifs is 1. The van der Waals surface area contributed by atoms with Gasteiger partial charge in [0.1, 0.15) is 6.54 Å². The lowest BCUT2D eigenvalue weighted by Gasteiger charge is -2.03. The van der Waals surface area contributed by atoms with Crippen LogP contribution in [0.5, 0.6) is 5.88 Å². The molecule has 0 amide bonds. The summed E-state index contributed by atoms with van der Waals surface area (Å²) in [6, 6.07) is 7.66. The predicted molar refractivity (Wildman–Crippen MR) is 57.0 cm³/mol. The monoisotopic (exact) mass is 204 g/mol. The van der Waals surface area contributed by atoms with E-state index in [2.05, 4.69) is 5.10 Å². The van der Waals surface area contributed by atoms with Crippen molar-refractivity contribution in [3.8, 4) is 5.88 Å². The van der Waals surface area contributed by atoms with Gasteiger partial charge in [-0.15, -0.1) is 0 Å². The molecule has 0 saturated heterocycles. The lowest BCUT2D eigenvalue weighted by atomic mass is 10.2. The van der Waals surface area contributed by atoms with Gasteiger partial charge in [-0.05, 0) is 19.1 Å². The van der Waals surface area contributed by atoms with Gasteiger partial charge in [-0.25, -0.2) is 4.68 Å². The Hall–Kier alpha value is -1.84. The van der Waals surface area contributed by atoms with Gasteiger partial charge >= 0.3 is 0 Å². The molecule has 4 heteroatoms. The van der Waals surface area contributed by atoms with Crippen molar-refractivity contribution in [3.05, 3.63) is 24.3 Å². The zero-order valence-corrected chi connectivity index (χ0v) is 8.73. The summed E-state index contributed by atoms with van der Waals surface area (Å²) in [4.78, 5) is 11.0. The van der Waals surface area contributed by atoms with E-state index in [0.29, 0.717) is 5.88 Å². The molecule has 1 heterocycles. The molecule has 1 aromatic carbocycles. The maximum absolute atomic E-state index is 11.0. The van der Waals surface area contributed by atoms with Gasteiger partial charge in [0.15, 0.2) is 5.78 Å². The third kappa shape index (κ3) is 1.70. The molecule has 4 nitrogen and oxygen atoms in total. The summed E-state index contributed by atoms with van der Waals surface area (Å²) in [5.74, 6) is 0.696. The zero-order chi connectivity index (χ0) is 10.8. The predicted octanol–water partition coefficient (Wildman–Crippen LogP) is 1.63. The topological polar surface area (TPSA) is 44.1 Å². The highest BCUT2D eigenvalue weighted by molar-refractivity contribution is 5.85. The lowest BCUT2D eigenvalue weighted by Crippen LogP contribution is -2.09. The Morgan fingerprint density at radius 3 is 2.87 bits per heavy atom. The summed E-state index contributed by atoms with van der Waals surface area (Å²) in [5, 5.41) is 5.23. The third-order valence-corrected chi connectivity index (χ3v) is 2.16. The highest BCUT2D eigenvalue weighted by Gasteiger charge is 2.11. The van der Waals surface area contributed by atoms with Crippen LogP contribution in [0.4, 0.5) is 0 Å². The Labute approximate surface area is 87.5 Å². The first-order valence-electron chi connectivity index (χ1n) is 4.71. The number of hydrogen-bond donors (Lipinski definition) is 0. The molecule has 0 spiro atoms. The van der Waals surface area contributed by atoms with Crippen molar-refractivity contribution in [1.29, 1.82) is 0 Å². The fourth-order valence-corrected chi connectivity index (χ4v) is 1.59. The molecule has 0 fully saturated rings. The molecule has 2 aromatic rings. The smallest absolute Gasteiger partial charge is 0.220 e. The van der Waals surface area contributed by atoms with Gasteiger partial charge in [-0.3, -0.25) is 4.79 Å². The molecule has 0 atom stereocenters. The molecule has 2 rings (SSSR count). The number of aromatic nitrogens is 2. The van der Waals surface area contributed by atoms with Gasteiger partial charge in [0, 0.05) is 0 Å². The van der Waals surface area contributed by atoms with Gasteiger partial charge in [-0.2, -0.15) is 5.10 Å². The highest BCUT2D eigenvalue weighted by Crippen LogP contribution is 2.24. The van der Waals surface area contributed by atoms with Crippen LogP contribution in [0.15, 0.2) is 24.3 Å². The number of nitrogens with zero attached hydrogens (tertiary/aromatic N) is 2. The average molecular weight is 204 g/mol. The largest absolute Gasteiger partial charge is 0.481 e. The van der Waals surface area contributed by atoms with Crippen LogP contribution in [0.2, 0.25) is 0 Å². The second-order valence-corrected chi connectivity index (χ2v) is 3.39. The van der Waals surface area contributed by atoms with Crippen molar-refractivity contribution in [3.63, 3.8) is 0 Å². The normalized spacial score (nSPS) is 10.5. The summed E-state index contributed by atoms with van der Waals surface area (Å²) in [7, 11) is 1.58. The van der Waals surface area contributed by atoms with E-state index < -0.39 is 0 Å². The first kappa shape index (κ1) is 9.71. The van der Waals surface area contributed by atoms with Crippen molar-refractivity contribution in [2.45, 2.75) is 13.5 Å². The fourth-order valence-electron chi connectivity index (χ4n) is 1.59. The molecular weight excluding hydrogens is 192 g/mol. The number of methoxy groups -OCH3 is 1. The summed E-state index contributed by atoms with van der Waals surface area (Å²) in [6.07, 6.45) is 0. The summed E-state index contributed by atoms with van der Waals surface area (Å²) >= 11 is 0. The molecule has 78 valence electrons. The highest BCUT2D eigenvalue weighted by atomic mass is 16.5. The second kappa shape index (κ2) is 3.73. The number of ether oxygens (including phenoxy) is 1. The first-order valence-corrected chi connectivity index (χ1v) is 4.71. The standard InChI is InChI=1S/C11H12N2O2/c1-8(14)7-13-11(15-2)9-5-3-4-6-10(9)12-13/h3-6H,7H2,1-2H3. The Kier molecular flexibility index (Phi) is 2.41. The number of benzene rings is 1. The SMILES string of the molecule is COc1c2ccccc2nn1CC(C)=O. The molecule has 0 unspecified atom stereocenters. The van der Waals surface area contributed by atoms with Crippen LogP contribution in [0.1, 0.15) is 6.92 Å². The molecule has 0 saturated carbocycles. The van der Waals surface area contributed by atoms with Crippen LogP contribution in [0, 0.1) is 0 Å². The number of ketones is 1. The van der Waals surface area contributed by atoms with Crippen LogP contribution in [-0.2, 0) is 11.3 Å². The molecule has 0 aliphatic rings. The number of rotatable bonds is 3. The maximum Gasteiger partial charge on any atom is 0.220 e. The molecule has 0 aliphatic carbocycles. The summed E-state index contributed by atoms with van der Waals surface area (Å²) < 4.78 is 6.84. The minimum atomic E-state index is 0.0566. The summed E-state index contributed by atoms with van der Waals surface area (Å²) in [6.45, 7) is 1.78. The van der Waals surface area contributed by atoms with Gasteiger partial charge < -0.3 is 4.74 Å². The van der Waals surface area contributed by atoms with E-state index in [1.807, 2.05) is 24.3 Å². The first-order chi connectivity index (χ1) is 7.22. The van der Waals surface area contributed by atoms with E-state index in [1.165, 1.54) is 6.92 Å². The van der Waals surface area contributed by atoms with E-state index in [4.69, 9.17) is 4.74 Å². The molecule has 15 heavy (non-hydrogen) atoms. The van der Waals surface area contributed by atoms with Gasteiger partial charge in [-0.1, -0.05) is 12.1 Å². The van der Waals surface area contributed by atoms with Crippen molar-refractivity contribution in [2.24, 2.45) is 0 Å². The molecule has 0 N–H and O–H groups in total. The van der Waals surface area contributed by atoms with Crippen molar-refractivity contribution >= 4 is 16.7 Å². The Bertz CT molecular complexity index is 502. The van der Waals surface area contributed by atoms with Crippen molar-refractivity contribution in [1.82, 2.24) is 9.78 Å². The van der Waals surface area contributed by atoms with Crippen LogP contribution in [0.25, 0.3) is 10.9 Å². The van der Waals surface area contributed by atoms with E-state index in [1.54, 1.807) is 11.8 Å². The lowest BCUT2D eigenvalue weighted by molar-refractivity contribution is -0.117. The minimum absolute atomic E-state index is 0.0566. The van der Waals surface area contributed by atoms with Gasteiger partial charge in [0.05, 0.1) is 18.0 Å². The second-order valence-electron chi connectivity index (χ2n) is 3.39. The number of carbonyl (C=O) groups excluding carboxylic acids is 1. The Morgan fingerprint density at radius 2 is 2.20 bits per heavy atom.